The van der Waals surface area contributed by atoms with Crippen molar-refractivity contribution in [3.63, 3.8) is 0 Å². The van der Waals surface area contributed by atoms with Gasteiger partial charge in [0.2, 0.25) is 0 Å². The zero-order valence-corrected chi connectivity index (χ0v) is 15.0. The number of rotatable bonds is 7. The number of hydrogen-bond acceptors (Lipinski definition) is 2. The number of benzene rings is 2. The standard InChI is InChI=1S/C23H24O2/c1-3-4-5-8-20-11-13-21(14-12-20)9-6-7-10-22-15-17-23(18-16-22)25-19-24-2/h11-18H,3-5,8,19H2,1-2H3. The van der Waals surface area contributed by atoms with Crippen molar-refractivity contribution in [1.82, 2.24) is 0 Å². The minimum absolute atomic E-state index is 0.244. The number of aryl methyl sites for hydroxylation is 1. The number of hydrogen-bond donors (Lipinski definition) is 0. The first-order valence-electron chi connectivity index (χ1n) is 8.64. The molecule has 25 heavy (non-hydrogen) atoms. The molecule has 0 bridgehead atoms. The Kier molecular flexibility index (Phi) is 8.19. The van der Waals surface area contributed by atoms with Crippen molar-refractivity contribution in [2.75, 3.05) is 13.9 Å². The molecule has 0 N–H and O–H groups in total. The summed E-state index contributed by atoms with van der Waals surface area (Å²) in [6.45, 7) is 2.47. The summed E-state index contributed by atoms with van der Waals surface area (Å²) in [6.07, 6.45) is 4.94. The van der Waals surface area contributed by atoms with E-state index in [0.29, 0.717) is 0 Å². The van der Waals surface area contributed by atoms with Crippen molar-refractivity contribution < 1.29 is 9.47 Å². The molecule has 0 aliphatic heterocycles. The van der Waals surface area contributed by atoms with Crippen molar-refractivity contribution in [2.45, 2.75) is 32.6 Å². The van der Waals surface area contributed by atoms with Crippen molar-refractivity contribution in [3.05, 3.63) is 65.2 Å². The number of methoxy groups -OCH3 is 1. The third-order valence-electron chi connectivity index (χ3n) is 3.70. The van der Waals surface area contributed by atoms with E-state index in [2.05, 4.69) is 54.9 Å². The van der Waals surface area contributed by atoms with Gasteiger partial charge in [0, 0.05) is 18.2 Å². The molecule has 2 nitrogen and oxygen atoms in total. The second-order valence-corrected chi connectivity index (χ2v) is 5.73. The third kappa shape index (κ3) is 7.17. The Bertz CT molecular complexity index is 750. The van der Waals surface area contributed by atoms with Crippen LogP contribution in [-0.4, -0.2) is 13.9 Å². The molecule has 2 rings (SSSR count). The Hall–Kier alpha value is -2.68. The first-order valence-corrected chi connectivity index (χ1v) is 8.64. The lowest BCUT2D eigenvalue weighted by atomic mass is 10.1. The zero-order chi connectivity index (χ0) is 17.7. The van der Waals surface area contributed by atoms with Gasteiger partial charge in [-0.05, 0) is 66.6 Å². The largest absolute Gasteiger partial charge is 0.468 e. The van der Waals surface area contributed by atoms with Gasteiger partial charge < -0.3 is 9.47 Å². The minimum atomic E-state index is 0.244. The predicted octanol–water partition coefficient (Wildman–Crippen LogP) is 4.81. The second kappa shape index (κ2) is 11.0. The topological polar surface area (TPSA) is 18.5 Å². The molecule has 128 valence electrons. The van der Waals surface area contributed by atoms with Crippen LogP contribution in [0.2, 0.25) is 0 Å². The van der Waals surface area contributed by atoms with E-state index < -0.39 is 0 Å². The van der Waals surface area contributed by atoms with E-state index in [-0.39, 0.29) is 6.79 Å². The average molecular weight is 332 g/mol. The highest BCUT2D eigenvalue weighted by Gasteiger charge is 1.93. The molecule has 0 atom stereocenters. The molecule has 2 heteroatoms. The van der Waals surface area contributed by atoms with Gasteiger partial charge in [0.15, 0.2) is 6.79 Å². The van der Waals surface area contributed by atoms with Crippen LogP contribution in [0, 0.1) is 23.7 Å². The second-order valence-electron chi connectivity index (χ2n) is 5.73. The van der Waals surface area contributed by atoms with E-state index in [4.69, 9.17) is 9.47 Å². The molecule has 0 amide bonds. The number of unbranched alkanes of at least 4 members (excludes halogenated alkanes) is 2. The Morgan fingerprint density at radius 2 is 1.40 bits per heavy atom. The fraction of sp³-hybridized carbons (Fsp3) is 0.304. The Balaban J connectivity index is 1.88. The van der Waals surface area contributed by atoms with Gasteiger partial charge in [-0.15, -0.1) is 0 Å². The summed E-state index contributed by atoms with van der Waals surface area (Å²) in [7, 11) is 1.60. The van der Waals surface area contributed by atoms with Gasteiger partial charge in [-0.2, -0.15) is 0 Å². The van der Waals surface area contributed by atoms with Crippen LogP contribution in [0.15, 0.2) is 48.5 Å². The molecule has 0 spiro atoms. The highest BCUT2D eigenvalue weighted by atomic mass is 16.7. The van der Waals surface area contributed by atoms with Gasteiger partial charge >= 0.3 is 0 Å². The summed E-state index contributed by atoms with van der Waals surface area (Å²) in [5, 5.41) is 0. The summed E-state index contributed by atoms with van der Waals surface area (Å²) in [4.78, 5) is 0. The van der Waals surface area contributed by atoms with E-state index >= 15 is 0 Å². The molecule has 0 aliphatic rings. The fourth-order valence-electron chi connectivity index (χ4n) is 2.30. The van der Waals surface area contributed by atoms with Crippen molar-refractivity contribution in [2.24, 2.45) is 0 Å². The Morgan fingerprint density at radius 1 is 0.800 bits per heavy atom. The Morgan fingerprint density at radius 3 is 1.96 bits per heavy atom. The van der Waals surface area contributed by atoms with Gasteiger partial charge in [0.1, 0.15) is 5.75 Å². The van der Waals surface area contributed by atoms with Gasteiger partial charge in [-0.25, -0.2) is 0 Å². The van der Waals surface area contributed by atoms with Gasteiger partial charge in [0.05, 0.1) is 0 Å². The van der Waals surface area contributed by atoms with Crippen LogP contribution >= 0.6 is 0 Å². The third-order valence-corrected chi connectivity index (χ3v) is 3.70. The lowest BCUT2D eigenvalue weighted by Gasteiger charge is -2.03. The van der Waals surface area contributed by atoms with E-state index in [9.17, 15) is 0 Å². The zero-order valence-electron chi connectivity index (χ0n) is 15.0. The fourth-order valence-corrected chi connectivity index (χ4v) is 2.30. The molecule has 0 saturated carbocycles. The normalized spacial score (nSPS) is 9.52. The first-order chi connectivity index (χ1) is 12.3. The van der Waals surface area contributed by atoms with Crippen LogP contribution < -0.4 is 4.74 Å². The molecule has 2 aromatic rings. The molecule has 2 aromatic carbocycles. The average Bonchev–Trinajstić information content (AvgIpc) is 2.66. The highest BCUT2D eigenvalue weighted by Crippen LogP contribution is 2.11. The first kappa shape index (κ1) is 18.7. The molecule has 0 radical (unpaired) electrons. The maximum absolute atomic E-state index is 5.34. The monoisotopic (exact) mass is 332 g/mol. The molecule has 0 aromatic heterocycles. The molecule has 0 heterocycles. The summed E-state index contributed by atoms with van der Waals surface area (Å²) in [6, 6.07) is 16.0. The Labute approximate surface area is 151 Å². The van der Waals surface area contributed by atoms with E-state index in [1.54, 1.807) is 7.11 Å². The maximum Gasteiger partial charge on any atom is 0.188 e. The maximum atomic E-state index is 5.34. The van der Waals surface area contributed by atoms with Gasteiger partial charge in [0.25, 0.3) is 0 Å². The molecule has 0 saturated heterocycles. The molecule has 0 aliphatic carbocycles. The van der Waals surface area contributed by atoms with Crippen LogP contribution in [0.1, 0.15) is 42.9 Å². The van der Waals surface area contributed by atoms with Crippen LogP contribution in [0.3, 0.4) is 0 Å². The summed E-state index contributed by atoms with van der Waals surface area (Å²) < 4.78 is 10.2. The molecule has 0 unspecified atom stereocenters. The van der Waals surface area contributed by atoms with E-state index in [1.165, 1.54) is 24.8 Å². The van der Waals surface area contributed by atoms with Crippen molar-refractivity contribution in [1.29, 1.82) is 0 Å². The summed E-state index contributed by atoms with van der Waals surface area (Å²) in [5.41, 5.74) is 3.28. The molecule has 0 fully saturated rings. The van der Waals surface area contributed by atoms with Gasteiger partial charge in [-0.3, -0.25) is 0 Å². The molecular weight excluding hydrogens is 308 g/mol. The summed E-state index contributed by atoms with van der Waals surface area (Å²) >= 11 is 0. The van der Waals surface area contributed by atoms with E-state index in [0.717, 1.165) is 23.3 Å². The lowest BCUT2D eigenvalue weighted by Crippen LogP contribution is -1.98. The summed E-state index contributed by atoms with van der Waals surface area (Å²) in [5.74, 6) is 12.7. The quantitative estimate of drug-likeness (QED) is 0.412. The predicted molar refractivity (Wildman–Crippen MR) is 102 cm³/mol. The van der Waals surface area contributed by atoms with Crippen LogP contribution in [0.4, 0.5) is 0 Å². The van der Waals surface area contributed by atoms with Crippen LogP contribution in [0.5, 0.6) is 5.75 Å². The highest BCUT2D eigenvalue weighted by molar-refractivity contribution is 5.45. The SMILES string of the molecule is CCCCCc1ccc(C#CC#Cc2ccc(OCOC)cc2)cc1. The van der Waals surface area contributed by atoms with Crippen molar-refractivity contribution >= 4 is 0 Å². The number of ether oxygens (including phenoxy) is 2. The smallest absolute Gasteiger partial charge is 0.188 e. The minimum Gasteiger partial charge on any atom is -0.468 e. The van der Waals surface area contributed by atoms with Gasteiger partial charge in [-0.1, -0.05) is 43.7 Å². The van der Waals surface area contributed by atoms with Crippen LogP contribution in [0.25, 0.3) is 0 Å². The van der Waals surface area contributed by atoms with Crippen LogP contribution in [-0.2, 0) is 11.2 Å². The van der Waals surface area contributed by atoms with E-state index in [1.807, 2.05) is 24.3 Å². The lowest BCUT2D eigenvalue weighted by molar-refractivity contribution is 0.0511. The van der Waals surface area contributed by atoms with Crippen molar-refractivity contribution in [3.8, 4) is 29.4 Å². The molecular formula is C23H24O2.